The fourth-order valence-electron chi connectivity index (χ4n) is 6.57. The van der Waals surface area contributed by atoms with Gasteiger partial charge in [-0.25, -0.2) is 0 Å². The number of nitrogens with one attached hydrogen (secondary N) is 1. The number of hydrogen-bond acceptors (Lipinski definition) is 7. The lowest BCUT2D eigenvalue weighted by molar-refractivity contribution is -0.160. The van der Waals surface area contributed by atoms with Gasteiger partial charge in [0.2, 0.25) is 17.7 Å². The van der Waals surface area contributed by atoms with Crippen molar-refractivity contribution in [3.05, 3.63) is 24.3 Å². The smallest absolute Gasteiger partial charge is 0.313 e. The van der Waals surface area contributed by atoms with Crippen LogP contribution in [-0.2, 0) is 28.7 Å². The van der Waals surface area contributed by atoms with Gasteiger partial charge in [-0.2, -0.15) is 0 Å². The minimum atomic E-state index is -1.40. The molecule has 2 fully saturated rings. The number of cyclic esters (lactones) is 1. The number of rotatable bonds is 6. The van der Waals surface area contributed by atoms with Crippen molar-refractivity contribution in [1.82, 2.24) is 15.1 Å². The molecule has 10 nitrogen and oxygen atoms in total. The number of esters is 1. The van der Waals surface area contributed by atoms with Crippen LogP contribution in [0.4, 0.5) is 0 Å². The van der Waals surface area contributed by atoms with Crippen LogP contribution in [0, 0.1) is 17.8 Å². The first-order valence-electron chi connectivity index (χ1n) is 14.3. The Hall–Kier alpha value is -2.72. The Morgan fingerprint density at radius 2 is 1.90 bits per heavy atom. The molecule has 216 valence electrons. The lowest BCUT2D eigenvalue weighted by Gasteiger charge is -2.41. The van der Waals surface area contributed by atoms with Crippen molar-refractivity contribution in [2.45, 2.75) is 96.2 Å². The van der Waals surface area contributed by atoms with Gasteiger partial charge in [0.25, 0.3) is 0 Å². The van der Waals surface area contributed by atoms with Crippen LogP contribution in [0.25, 0.3) is 0 Å². The maximum absolute atomic E-state index is 14.4. The molecule has 3 amide bonds. The monoisotopic (exact) mass is 545 g/mol. The second-order valence-corrected chi connectivity index (χ2v) is 11.6. The van der Waals surface area contributed by atoms with E-state index in [-0.39, 0.29) is 49.3 Å². The number of amides is 3. The predicted molar refractivity (Wildman–Crippen MR) is 143 cm³/mol. The van der Waals surface area contributed by atoms with Crippen molar-refractivity contribution in [1.29, 1.82) is 0 Å². The summed E-state index contributed by atoms with van der Waals surface area (Å²) in [4.78, 5) is 57.7. The number of aliphatic hydroxyl groups is 1. The van der Waals surface area contributed by atoms with Gasteiger partial charge in [-0.05, 0) is 32.6 Å². The molecule has 1 unspecified atom stereocenters. The van der Waals surface area contributed by atoms with E-state index in [9.17, 15) is 24.3 Å². The molecular weight excluding hydrogens is 502 g/mol. The minimum Gasteiger partial charge on any atom is -0.460 e. The van der Waals surface area contributed by atoms with E-state index in [1.165, 1.54) is 4.90 Å². The quantitative estimate of drug-likeness (QED) is 0.383. The topological polar surface area (TPSA) is 125 Å². The van der Waals surface area contributed by atoms with Gasteiger partial charge in [0.15, 0.2) is 0 Å². The average molecular weight is 546 g/mol. The maximum Gasteiger partial charge on any atom is 0.313 e. The molecule has 0 bridgehead atoms. The summed E-state index contributed by atoms with van der Waals surface area (Å²) in [5.41, 5.74) is -1.40. The Balaban J connectivity index is 1.83. The number of allylic oxidation sites excluding steroid dienone is 1. The molecule has 4 aliphatic heterocycles. The van der Waals surface area contributed by atoms with Gasteiger partial charge in [-0.3, -0.25) is 19.2 Å². The van der Waals surface area contributed by atoms with Gasteiger partial charge >= 0.3 is 5.97 Å². The Bertz CT molecular complexity index is 1030. The Labute approximate surface area is 230 Å². The number of likely N-dealkylation sites (tertiary alicyclic amines) is 1. The van der Waals surface area contributed by atoms with Crippen molar-refractivity contribution in [3.8, 4) is 0 Å². The molecule has 4 heterocycles. The largest absolute Gasteiger partial charge is 0.460 e. The Morgan fingerprint density at radius 3 is 2.56 bits per heavy atom. The van der Waals surface area contributed by atoms with E-state index < -0.39 is 47.7 Å². The third-order valence-corrected chi connectivity index (χ3v) is 8.56. The molecule has 4 aliphatic rings. The van der Waals surface area contributed by atoms with Gasteiger partial charge in [-0.15, -0.1) is 0 Å². The number of fused-ring (bicyclic) bond motifs is 2. The highest BCUT2D eigenvalue weighted by Crippen LogP contribution is 2.54. The molecule has 39 heavy (non-hydrogen) atoms. The molecule has 2 saturated heterocycles. The summed E-state index contributed by atoms with van der Waals surface area (Å²) in [5, 5.41) is 13.1. The summed E-state index contributed by atoms with van der Waals surface area (Å²) in [7, 11) is 0. The molecule has 2 N–H and O–H groups in total. The summed E-state index contributed by atoms with van der Waals surface area (Å²) in [6.45, 7) is 9.75. The first-order chi connectivity index (χ1) is 18.6. The molecule has 8 atom stereocenters. The third-order valence-electron chi connectivity index (χ3n) is 8.56. The van der Waals surface area contributed by atoms with Crippen LogP contribution in [0.15, 0.2) is 24.3 Å². The lowest BCUT2D eigenvalue weighted by Crippen LogP contribution is -2.60. The van der Waals surface area contributed by atoms with Crippen LogP contribution in [0.5, 0.6) is 0 Å². The number of hydrogen-bond donors (Lipinski definition) is 2. The number of carbonyl (C=O) groups is 4. The van der Waals surface area contributed by atoms with Gasteiger partial charge < -0.3 is 29.7 Å². The van der Waals surface area contributed by atoms with Crippen molar-refractivity contribution in [2.75, 3.05) is 19.7 Å². The van der Waals surface area contributed by atoms with Gasteiger partial charge in [0.05, 0.1) is 31.2 Å². The van der Waals surface area contributed by atoms with Gasteiger partial charge in [0.1, 0.15) is 23.7 Å². The number of aliphatic hydroxyl groups excluding tert-OH is 1. The Kier molecular flexibility index (Phi) is 8.85. The van der Waals surface area contributed by atoms with Gasteiger partial charge in [0, 0.05) is 19.0 Å². The molecule has 0 aromatic rings. The fraction of sp³-hybridized carbons (Fsp3) is 0.724. The first kappa shape index (κ1) is 29.3. The zero-order chi connectivity index (χ0) is 28.5. The van der Waals surface area contributed by atoms with Crippen molar-refractivity contribution in [3.63, 3.8) is 0 Å². The summed E-state index contributed by atoms with van der Waals surface area (Å²) >= 11 is 0. The summed E-state index contributed by atoms with van der Waals surface area (Å²) in [5.74, 6) is -3.49. The van der Waals surface area contributed by atoms with Crippen LogP contribution >= 0.6 is 0 Å². The minimum absolute atomic E-state index is 0.0599. The van der Waals surface area contributed by atoms with Crippen LogP contribution in [0.2, 0.25) is 0 Å². The van der Waals surface area contributed by atoms with E-state index in [0.29, 0.717) is 13.0 Å². The highest BCUT2D eigenvalue weighted by atomic mass is 16.6. The van der Waals surface area contributed by atoms with E-state index in [0.717, 1.165) is 12.8 Å². The van der Waals surface area contributed by atoms with E-state index in [4.69, 9.17) is 9.47 Å². The molecule has 0 aromatic heterocycles. The predicted octanol–water partition coefficient (Wildman–Crippen LogP) is 1.57. The van der Waals surface area contributed by atoms with E-state index in [1.807, 2.05) is 26.8 Å². The maximum atomic E-state index is 14.4. The molecule has 0 saturated carbocycles. The number of carbonyl (C=O) groups excluding carboxylic acids is 4. The standard InChI is InChI=1S/C29H43N3O7/c1-6-10-18(4)31-14-9-13-29-24(26(35)32(25(29)27(31)36)20(16-33)17(2)3)23-21(39-29)11-7-8-12-22(34)30-15-19(5)38-28(23)37/h7,9,11,13,17-21,23-25,33H,6,8,10,12,14-16H2,1-5H3,(H,30,34)/b11-7-/t18?,19-,20-,21-,23+,24+,25-,29+/m0/s1. The van der Waals surface area contributed by atoms with Crippen LogP contribution in [0.3, 0.4) is 0 Å². The molecular formula is C29H43N3O7. The SMILES string of the molecule is CCCC(C)N1CC=C[C@@]23O[C@H]4/C=C\CCC(=O)NC[C@H](C)OC(=O)[C@H]4[C@@H]2C(=O)N([C@@H](CO)C(C)C)[C@H]3C1=O. The molecule has 4 rings (SSSR count). The highest BCUT2D eigenvalue weighted by Gasteiger charge is 2.72. The van der Waals surface area contributed by atoms with E-state index in [2.05, 4.69) is 12.2 Å². The van der Waals surface area contributed by atoms with Crippen molar-refractivity contribution < 1.29 is 33.8 Å². The lowest BCUT2D eigenvalue weighted by atomic mass is 9.77. The molecule has 1 spiro atoms. The molecule has 0 aromatic carbocycles. The average Bonchev–Trinajstić information content (AvgIpc) is 3.26. The van der Waals surface area contributed by atoms with E-state index >= 15 is 0 Å². The molecule has 0 radical (unpaired) electrons. The molecule has 0 aliphatic carbocycles. The second kappa shape index (κ2) is 11.8. The van der Waals surface area contributed by atoms with Crippen LogP contribution < -0.4 is 5.32 Å². The fourth-order valence-corrected chi connectivity index (χ4v) is 6.57. The number of ether oxygens (including phenoxy) is 2. The zero-order valence-corrected chi connectivity index (χ0v) is 23.7. The van der Waals surface area contributed by atoms with Crippen LogP contribution in [-0.4, -0.2) is 94.2 Å². The molecule has 10 heteroatoms. The summed E-state index contributed by atoms with van der Waals surface area (Å²) in [6.07, 6.45) is 8.17. The van der Waals surface area contributed by atoms with Crippen molar-refractivity contribution in [2.24, 2.45) is 17.8 Å². The summed E-state index contributed by atoms with van der Waals surface area (Å²) in [6, 6.07) is -1.72. The normalized spacial score (nSPS) is 35.7. The highest BCUT2D eigenvalue weighted by molar-refractivity contribution is 5.99. The summed E-state index contributed by atoms with van der Waals surface area (Å²) < 4.78 is 12.4. The van der Waals surface area contributed by atoms with E-state index in [1.54, 1.807) is 30.1 Å². The van der Waals surface area contributed by atoms with Crippen molar-refractivity contribution >= 4 is 23.7 Å². The Morgan fingerprint density at radius 1 is 1.15 bits per heavy atom. The first-order valence-corrected chi connectivity index (χ1v) is 14.3. The third kappa shape index (κ3) is 5.25. The second-order valence-electron chi connectivity index (χ2n) is 11.6. The van der Waals surface area contributed by atoms with Gasteiger partial charge in [-0.1, -0.05) is 51.5 Å². The zero-order valence-electron chi connectivity index (χ0n) is 23.7. The van der Waals surface area contributed by atoms with Crippen LogP contribution in [0.1, 0.15) is 60.3 Å². The number of nitrogens with zero attached hydrogens (tertiary/aromatic N) is 2.